The van der Waals surface area contributed by atoms with Crippen molar-refractivity contribution in [2.24, 2.45) is 0 Å². The second-order valence-electron chi connectivity index (χ2n) is 5.73. The number of nitrogens with zero attached hydrogens (tertiary/aromatic N) is 3. The lowest BCUT2D eigenvalue weighted by Crippen LogP contribution is -2.30. The minimum Gasteiger partial charge on any atom is -0.316 e. The molecule has 0 aliphatic carbocycles. The van der Waals surface area contributed by atoms with E-state index >= 15 is 0 Å². The smallest absolute Gasteiger partial charge is 0.233 e. The minimum absolute atomic E-state index is 0.0754. The molecule has 25 heavy (non-hydrogen) atoms. The van der Waals surface area contributed by atoms with Gasteiger partial charge in [-0.05, 0) is 30.2 Å². The Morgan fingerprint density at radius 2 is 2.16 bits per heavy atom. The lowest BCUT2D eigenvalue weighted by Gasteiger charge is -2.16. The van der Waals surface area contributed by atoms with Crippen LogP contribution in [0.15, 0.2) is 48.0 Å². The summed E-state index contributed by atoms with van der Waals surface area (Å²) in [6, 6.07) is 11.6. The fraction of sp³-hybridized carbons (Fsp3) is 0.167. The van der Waals surface area contributed by atoms with Gasteiger partial charge in [-0.2, -0.15) is 0 Å². The predicted molar refractivity (Wildman–Crippen MR) is 101 cm³/mol. The van der Waals surface area contributed by atoms with Gasteiger partial charge in [0.05, 0.1) is 17.1 Å². The Hall–Kier alpha value is -2.44. The van der Waals surface area contributed by atoms with Crippen LogP contribution in [0, 0.1) is 0 Å². The van der Waals surface area contributed by atoms with Gasteiger partial charge in [0.2, 0.25) is 5.91 Å². The van der Waals surface area contributed by atoms with Crippen LogP contribution in [-0.2, 0) is 17.6 Å². The van der Waals surface area contributed by atoms with Gasteiger partial charge in [-0.1, -0.05) is 29.8 Å². The molecule has 0 saturated heterocycles. The molecule has 7 heteroatoms. The third-order valence-electron chi connectivity index (χ3n) is 4.03. The number of carbonyl (C=O) groups is 1. The van der Waals surface area contributed by atoms with Crippen molar-refractivity contribution in [2.75, 3.05) is 16.8 Å². The summed E-state index contributed by atoms with van der Waals surface area (Å²) in [6.45, 7) is 0.738. The van der Waals surface area contributed by atoms with E-state index in [0.29, 0.717) is 22.4 Å². The monoisotopic (exact) mass is 370 g/mol. The van der Waals surface area contributed by atoms with E-state index in [0.717, 1.165) is 24.3 Å². The molecule has 1 aromatic carbocycles. The van der Waals surface area contributed by atoms with E-state index < -0.39 is 0 Å². The summed E-state index contributed by atoms with van der Waals surface area (Å²) >= 11 is 7.28. The fourth-order valence-electron chi connectivity index (χ4n) is 2.85. The van der Waals surface area contributed by atoms with Gasteiger partial charge in [-0.25, -0.2) is 9.97 Å². The highest BCUT2D eigenvalue weighted by atomic mass is 35.5. The van der Waals surface area contributed by atoms with Crippen molar-refractivity contribution in [3.8, 4) is 0 Å². The summed E-state index contributed by atoms with van der Waals surface area (Å²) in [4.78, 5) is 23.1. The molecule has 0 bridgehead atoms. The largest absolute Gasteiger partial charge is 0.316 e. The molecule has 1 aliphatic heterocycles. The SMILES string of the molecule is O=C(Cc1csc(Nc2ccc(Cl)cn2)n1)N1CCc2ccccc21. The molecule has 0 atom stereocenters. The second kappa shape index (κ2) is 6.82. The summed E-state index contributed by atoms with van der Waals surface area (Å²) in [5, 5.41) is 6.32. The van der Waals surface area contributed by atoms with Crippen molar-refractivity contribution in [3.63, 3.8) is 0 Å². The minimum atomic E-state index is 0.0754. The van der Waals surface area contributed by atoms with Gasteiger partial charge in [0, 0.05) is 23.8 Å². The molecule has 2 aromatic heterocycles. The normalized spacial score (nSPS) is 12.9. The first kappa shape index (κ1) is 16.1. The molecular formula is C18H15ClN4OS. The molecule has 3 aromatic rings. The zero-order valence-corrected chi connectivity index (χ0v) is 14.8. The molecule has 0 unspecified atom stereocenters. The number of fused-ring (bicyclic) bond motifs is 1. The Kier molecular flexibility index (Phi) is 4.38. The first-order valence-corrected chi connectivity index (χ1v) is 9.16. The number of nitrogens with one attached hydrogen (secondary N) is 1. The Morgan fingerprint density at radius 3 is 3.00 bits per heavy atom. The van der Waals surface area contributed by atoms with Gasteiger partial charge in [-0.3, -0.25) is 4.79 Å². The number of carbonyl (C=O) groups excluding carboxylic acids is 1. The van der Waals surface area contributed by atoms with Crippen LogP contribution in [0.1, 0.15) is 11.3 Å². The molecule has 3 heterocycles. The van der Waals surface area contributed by atoms with Crippen molar-refractivity contribution in [2.45, 2.75) is 12.8 Å². The number of pyridine rings is 1. The van der Waals surface area contributed by atoms with Crippen LogP contribution in [0.2, 0.25) is 5.02 Å². The number of rotatable bonds is 4. The number of para-hydroxylation sites is 1. The highest BCUT2D eigenvalue weighted by Crippen LogP contribution is 2.28. The quantitative estimate of drug-likeness (QED) is 0.752. The summed E-state index contributed by atoms with van der Waals surface area (Å²) in [6.07, 6.45) is 2.78. The maximum absolute atomic E-state index is 12.6. The van der Waals surface area contributed by atoms with Crippen molar-refractivity contribution in [1.29, 1.82) is 0 Å². The molecule has 1 N–H and O–H groups in total. The predicted octanol–water partition coefficient (Wildman–Crippen LogP) is 4.07. The molecule has 4 rings (SSSR count). The van der Waals surface area contributed by atoms with Crippen LogP contribution < -0.4 is 10.2 Å². The zero-order valence-electron chi connectivity index (χ0n) is 13.3. The summed E-state index contributed by atoms with van der Waals surface area (Å²) < 4.78 is 0. The fourth-order valence-corrected chi connectivity index (χ4v) is 3.68. The van der Waals surface area contributed by atoms with E-state index in [2.05, 4.69) is 21.4 Å². The van der Waals surface area contributed by atoms with Crippen molar-refractivity contribution >= 4 is 45.5 Å². The van der Waals surface area contributed by atoms with Crippen LogP contribution >= 0.6 is 22.9 Å². The maximum Gasteiger partial charge on any atom is 0.233 e. The number of hydrogen-bond donors (Lipinski definition) is 1. The summed E-state index contributed by atoms with van der Waals surface area (Å²) in [5.74, 6) is 0.747. The molecule has 5 nitrogen and oxygen atoms in total. The van der Waals surface area contributed by atoms with E-state index in [-0.39, 0.29) is 5.91 Å². The standard InChI is InChI=1S/C18H15ClN4OS/c19-13-5-6-16(20-10-13)22-18-21-14(11-25-18)9-17(24)23-8-7-12-3-1-2-4-15(12)23/h1-6,10-11H,7-9H2,(H,20,21,22). The molecular weight excluding hydrogens is 356 g/mol. The molecule has 0 spiro atoms. The number of anilines is 3. The summed E-state index contributed by atoms with van der Waals surface area (Å²) in [7, 11) is 0. The molecule has 126 valence electrons. The van der Waals surface area contributed by atoms with E-state index in [9.17, 15) is 4.79 Å². The number of halogens is 1. The van der Waals surface area contributed by atoms with Crippen LogP contribution in [-0.4, -0.2) is 22.4 Å². The maximum atomic E-state index is 12.6. The first-order valence-electron chi connectivity index (χ1n) is 7.90. The van der Waals surface area contributed by atoms with E-state index in [4.69, 9.17) is 11.6 Å². The average Bonchev–Trinajstić information content (AvgIpc) is 3.23. The Morgan fingerprint density at radius 1 is 1.28 bits per heavy atom. The lowest BCUT2D eigenvalue weighted by atomic mass is 10.2. The van der Waals surface area contributed by atoms with Crippen LogP contribution in [0.4, 0.5) is 16.6 Å². The van der Waals surface area contributed by atoms with Gasteiger partial charge in [-0.15, -0.1) is 11.3 Å². The van der Waals surface area contributed by atoms with E-state index in [1.54, 1.807) is 18.3 Å². The van der Waals surface area contributed by atoms with Crippen LogP contribution in [0.3, 0.4) is 0 Å². The molecule has 1 amide bonds. The van der Waals surface area contributed by atoms with Gasteiger partial charge >= 0.3 is 0 Å². The highest BCUT2D eigenvalue weighted by molar-refractivity contribution is 7.13. The van der Waals surface area contributed by atoms with Crippen molar-refractivity contribution in [1.82, 2.24) is 9.97 Å². The van der Waals surface area contributed by atoms with Gasteiger partial charge in [0.25, 0.3) is 0 Å². The highest BCUT2D eigenvalue weighted by Gasteiger charge is 2.24. The number of thiazole rings is 1. The van der Waals surface area contributed by atoms with Gasteiger partial charge in [0.1, 0.15) is 5.82 Å². The van der Waals surface area contributed by atoms with Gasteiger partial charge in [0.15, 0.2) is 5.13 Å². The van der Waals surface area contributed by atoms with Crippen molar-refractivity contribution < 1.29 is 4.79 Å². The van der Waals surface area contributed by atoms with Crippen molar-refractivity contribution in [3.05, 3.63) is 64.3 Å². The topological polar surface area (TPSA) is 58.1 Å². The number of aromatic nitrogens is 2. The summed E-state index contributed by atoms with van der Waals surface area (Å²) in [5.41, 5.74) is 3.01. The number of amides is 1. The molecule has 1 aliphatic rings. The van der Waals surface area contributed by atoms with E-state index in [1.165, 1.54) is 16.9 Å². The molecule has 0 radical (unpaired) electrons. The Bertz CT molecular complexity index is 909. The number of hydrogen-bond acceptors (Lipinski definition) is 5. The van der Waals surface area contributed by atoms with E-state index in [1.807, 2.05) is 28.5 Å². The molecule has 0 fully saturated rings. The third-order valence-corrected chi connectivity index (χ3v) is 5.06. The third kappa shape index (κ3) is 3.50. The van der Waals surface area contributed by atoms with Crippen LogP contribution in [0.25, 0.3) is 0 Å². The Balaban J connectivity index is 1.43. The number of benzene rings is 1. The van der Waals surface area contributed by atoms with Crippen LogP contribution in [0.5, 0.6) is 0 Å². The zero-order chi connectivity index (χ0) is 17.2. The first-order chi connectivity index (χ1) is 12.2. The average molecular weight is 371 g/mol. The molecule has 0 saturated carbocycles. The second-order valence-corrected chi connectivity index (χ2v) is 7.03. The van der Waals surface area contributed by atoms with Gasteiger partial charge < -0.3 is 10.2 Å². The lowest BCUT2D eigenvalue weighted by molar-refractivity contribution is -0.117. The Labute approximate surface area is 154 Å².